The summed E-state index contributed by atoms with van der Waals surface area (Å²) in [4.78, 5) is 47.5. The van der Waals surface area contributed by atoms with Crippen LogP contribution in [-0.2, 0) is 14.4 Å². The molecule has 1 N–H and O–H groups in total. The summed E-state index contributed by atoms with van der Waals surface area (Å²) in [6, 6.07) is -1.17. The second kappa shape index (κ2) is 10.7. The van der Waals surface area contributed by atoms with E-state index in [2.05, 4.69) is 13.2 Å². The summed E-state index contributed by atoms with van der Waals surface area (Å²) in [7, 11) is 0. The van der Waals surface area contributed by atoms with Crippen molar-refractivity contribution in [2.24, 2.45) is 11.8 Å². The predicted molar refractivity (Wildman–Crippen MR) is 141 cm³/mol. The molecule has 1 spiro atoms. The van der Waals surface area contributed by atoms with Crippen LogP contribution in [0.15, 0.2) is 25.3 Å². The Bertz CT molecular complexity index is 852. The second-order valence-electron chi connectivity index (χ2n) is 11.0. The van der Waals surface area contributed by atoms with Gasteiger partial charge < -0.3 is 19.8 Å². The van der Waals surface area contributed by atoms with Crippen molar-refractivity contribution in [2.45, 2.75) is 87.9 Å². The molecule has 0 aromatic carbocycles. The Balaban J connectivity index is 2.11. The van der Waals surface area contributed by atoms with Crippen LogP contribution in [-0.4, -0.2) is 91.4 Å². The SMILES string of the molecule is C=CCN(CCC)C(=O)[C@@H]1[C@H]2C(=O)N([C@@H](CC)CO)C(C(=O)N(CC=C)C(C)(C)C)C23CC[C@H]1S3. The van der Waals surface area contributed by atoms with Gasteiger partial charge in [-0.3, -0.25) is 14.4 Å². The van der Waals surface area contributed by atoms with E-state index in [1.807, 2.05) is 39.5 Å². The van der Waals surface area contributed by atoms with Gasteiger partial charge in [0.15, 0.2) is 0 Å². The number of fused-ring (bicyclic) bond motifs is 1. The van der Waals surface area contributed by atoms with Gasteiger partial charge in [-0.1, -0.05) is 26.0 Å². The van der Waals surface area contributed by atoms with Crippen LogP contribution in [0, 0.1) is 11.8 Å². The summed E-state index contributed by atoms with van der Waals surface area (Å²) in [5.41, 5.74) is -0.464. The van der Waals surface area contributed by atoms with Crippen LogP contribution < -0.4 is 0 Å². The van der Waals surface area contributed by atoms with Crippen molar-refractivity contribution in [3.8, 4) is 0 Å². The van der Waals surface area contributed by atoms with Crippen molar-refractivity contribution in [1.29, 1.82) is 0 Å². The van der Waals surface area contributed by atoms with Gasteiger partial charge in [-0.25, -0.2) is 0 Å². The molecular weight excluding hydrogens is 462 g/mol. The largest absolute Gasteiger partial charge is 0.394 e. The lowest BCUT2D eigenvalue weighted by molar-refractivity contribution is -0.148. The molecule has 6 atom stereocenters. The summed E-state index contributed by atoms with van der Waals surface area (Å²) in [5.74, 6) is -1.28. The van der Waals surface area contributed by atoms with Gasteiger partial charge in [-0.15, -0.1) is 24.9 Å². The quantitative estimate of drug-likeness (QED) is 0.437. The number of hydrogen-bond acceptors (Lipinski definition) is 5. The smallest absolute Gasteiger partial charge is 0.247 e. The average molecular weight is 506 g/mol. The molecule has 0 aromatic rings. The first-order valence-electron chi connectivity index (χ1n) is 13.0. The van der Waals surface area contributed by atoms with Gasteiger partial charge in [0, 0.05) is 30.4 Å². The molecule has 196 valence electrons. The minimum atomic E-state index is -0.705. The third-order valence-corrected chi connectivity index (χ3v) is 9.83. The monoisotopic (exact) mass is 505 g/mol. The Morgan fingerprint density at radius 3 is 2.40 bits per heavy atom. The molecule has 3 aliphatic heterocycles. The lowest BCUT2D eigenvalue weighted by atomic mass is 9.70. The molecule has 8 heteroatoms. The predicted octanol–water partition coefficient (Wildman–Crippen LogP) is 3.09. The van der Waals surface area contributed by atoms with E-state index in [4.69, 9.17) is 0 Å². The van der Waals surface area contributed by atoms with Crippen LogP contribution in [0.2, 0.25) is 0 Å². The molecule has 2 bridgehead atoms. The van der Waals surface area contributed by atoms with E-state index in [9.17, 15) is 19.5 Å². The van der Waals surface area contributed by atoms with Gasteiger partial charge in [-0.05, 0) is 46.5 Å². The number of aliphatic hydroxyl groups is 1. The number of aliphatic hydroxyl groups excluding tert-OH is 1. The molecule has 0 aromatic heterocycles. The molecule has 3 saturated heterocycles. The van der Waals surface area contributed by atoms with Gasteiger partial charge >= 0.3 is 0 Å². The van der Waals surface area contributed by atoms with Crippen molar-refractivity contribution in [1.82, 2.24) is 14.7 Å². The molecule has 0 aliphatic carbocycles. The summed E-state index contributed by atoms with van der Waals surface area (Å²) in [6.07, 6.45) is 6.34. The first-order valence-corrected chi connectivity index (χ1v) is 13.8. The maximum atomic E-state index is 14.3. The lowest BCUT2D eigenvalue weighted by Gasteiger charge is -2.43. The molecule has 3 amide bonds. The standard InChI is InChI=1S/C27H43N3O4S/c1-8-14-28(15-9-2)23(32)20-19-12-13-27(35-19)21(20)24(33)30(18(11-4)17-31)22(27)25(34)29(16-10-3)26(5,6)7/h8,10,18-22,31H,1,3,9,11-17H2,2,4-7H3/t18-,19+,20-,21-,22?,27?/m0/s1. The zero-order valence-corrected chi connectivity index (χ0v) is 22.9. The Morgan fingerprint density at radius 2 is 1.89 bits per heavy atom. The number of carbonyl (C=O) groups is 3. The highest BCUT2D eigenvalue weighted by atomic mass is 32.2. The molecule has 0 radical (unpaired) electrons. The van der Waals surface area contributed by atoms with Crippen molar-refractivity contribution < 1.29 is 19.5 Å². The molecule has 2 unspecified atom stereocenters. The first-order chi connectivity index (χ1) is 16.5. The second-order valence-corrected chi connectivity index (χ2v) is 12.6. The van der Waals surface area contributed by atoms with Gasteiger partial charge in [-0.2, -0.15) is 0 Å². The fourth-order valence-electron chi connectivity index (χ4n) is 6.36. The average Bonchev–Trinajstić information content (AvgIpc) is 3.44. The maximum Gasteiger partial charge on any atom is 0.247 e. The number of thioether (sulfide) groups is 1. The summed E-state index contributed by atoms with van der Waals surface area (Å²) < 4.78 is -0.654. The van der Waals surface area contributed by atoms with Crippen LogP contribution >= 0.6 is 11.8 Å². The first kappa shape index (κ1) is 27.8. The molecule has 3 aliphatic rings. The molecule has 0 saturated carbocycles. The van der Waals surface area contributed by atoms with Crippen LogP contribution in [0.5, 0.6) is 0 Å². The molecule has 7 nitrogen and oxygen atoms in total. The highest BCUT2D eigenvalue weighted by Gasteiger charge is 2.74. The lowest BCUT2D eigenvalue weighted by Crippen LogP contribution is -2.60. The maximum absolute atomic E-state index is 14.3. The van der Waals surface area contributed by atoms with E-state index in [0.29, 0.717) is 26.1 Å². The van der Waals surface area contributed by atoms with Crippen molar-refractivity contribution >= 4 is 29.5 Å². The van der Waals surface area contributed by atoms with Crippen LogP contribution in [0.1, 0.15) is 60.3 Å². The zero-order chi connectivity index (χ0) is 26.1. The fourth-order valence-corrected chi connectivity index (χ4v) is 8.55. The third kappa shape index (κ3) is 4.57. The van der Waals surface area contributed by atoms with E-state index < -0.39 is 34.2 Å². The van der Waals surface area contributed by atoms with Crippen LogP contribution in [0.3, 0.4) is 0 Å². The van der Waals surface area contributed by atoms with Crippen molar-refractivity contribution in [3.05, 3.63) is 25.3 Å². The van der Waals surface area contributed by atoms with Gasteiger partial charge in [0.05, 0.1) is 29.2 Å². The number of nitrogens with zero attached hydrogens (tertiary/aromatic N) is 3. The minimum Gasteiger partial charge on any atom is -0.394 e. The molecular formula is C27H43N3O4S. The van der Waals surface area contributed by atoms with Gasteiger partial charge in [0.2, 0.25) is 17.7 Å². The number of rotatable bonds is 11. The van der Waals surface area contributed by atoms with E-state index in [1.165, 1.54) is 0 Å². The van der Waals surface area contributed by atoms with Crippen LogP contribution in [0.25, 0.3) is 0 Å². The minimum absolute atomic E-state index is 0.00644. The van der Waals surface area contributed by atoms with E-state index in [-0.39, 0.29) is 29.6 Å². The molecule has 3 heterocycles. The number of likely N-dealkylation sites (tertiary alicyclic amines) is 1. The van der Waals surface area contributed by atoms with Gasteiger partial charge in [0.25, 0.3) is 0 Å². The molecule has 3 rings (SSSR count). The van der Waals surface area contributed by atoms with E-state index >= 15 is 0 Å². The van der Waals surface area contributed by atoms with Crippen LogP contribution in [0.4, 0.5) is 0 Å². The fraction of sp³-hybridized carbons (Fsp3) is 0.741. The summed E-state index contributed by atoms with van der Waals surface area (Å²) in [6.45, 7) is 18.8. The summed E-state index contributed by atoms with van der Waals surface area (Å²) >= 11 is 1.68. The zero-order valence-electron chi connectivity index (χ0n) is 22.0. The molecule has 3 fully saturated rings. The normalized spacial score (nSPS) is 30.2. The topological polar surface area (TPSA) is 81.2 Å². The third-order valence-electron chi connectivity index (χ3n) is 7.87. The number of carbonyl (C=O) groups excluding carboxylic acids is 3. The van der Waals surface area contributed by atoms with E-state index in [0.717, 1.165) is 19.3 Å². The van der Waals surface area contributed by atoms with Crippen molar-refractivity contribution in [3.63, 3.8) is 0 Å². The highest BCUT2D eigenvalue weighted by molar-refractivity contribution is 8.02. The number of amides is 3. The van der Waals surface area contributed by atoms with Gasteiger partial charge in [0.1, 0.15) is 6.04 Å². The molecule has 35 heavy (non-hydrogen) atoms. The Kier molecular flexibility index (Phi) is 8.47. The Labute approximate surface area is 215 Å². The van der Waals surface area contributed by atoms with E-state index in [1.54, 1.807) is 33.7 Å². The number of hydrogen-bond donors (Lipinski definition) is 1. The summed E-state index contributed by atoms with van der Waals surface area (Å²) in [5, 5.41) is 10.2. The Morgan fingerprint density at radius 1 is 1.23 bits per heavy atom. The Hall–Kier alpha value is -1.80. The van der Waals surface area contributed by atoms with Crippen molar-refractivity contribution in [2.75, 3.05) is 26.2 Å². The highest BCUT2D eigenvalue weighted by Crippen LogP contribution is 2.67.